The van der Waals surface area contributed by atoms with E-state index >= 15 is 0 Å². The molecule has 1 aromatic carbocycles. The molecule has 8 heteroatoms. The second kappa shape index (κ2) is 8.47. The topological polar surface area (TPSA) is 101 Å². The molecule has 3 N–H and O–H groups in total. The Morgan fingerprint density at radius 2 is 1.81 bits per heavy atom. The predicted octanol–water partition coefficient (Wildman–Crippen LogP) is 3.26. The monoisotopic (exact) mass is 421 g/mol. The number of nitrogens with two attached hydrogens (primary N) is 1. The van der Waals surface area contributed by atoms with Crippen molar-refractivity contribution >= 4 is 17.3 Å². The molecule has 0 radical (unpaired) electrons. The third-order valence-electron chi connectivity index (χ3n) is 6.08. The quantitative estimate of drug-likeness (QED) is 0.656. The second-order valence-corrected chi connectivity index (χ2v) is 8.05. The normalized spacial score (nSPS) is 17.2. The number of aromatic nitrogens is 2. The lowest BCUT2D eigenvalue weighted by Crippen LogP contribution is -2.36. The van der Waals surface area contributed by atoms with Crippen LogP contribution in [0.25, 0.3) is 22.5 Å². The average Bonchev–Trinajstić information content (AvgIpc) is 3.50. The SMILES string of the molecule is NC(=O)c1oc(-c2cn[nH]c2)cc1-c1cc(N2CCOCC2)ccc1N1CCCCC1. The maximum atomic E-state index is 12.3. The van der Waals surface area contributed by atoms with Crippen LogP contribution in [0.3, 0.4) is 0 Å². The van der Waals surface area contributed by atoms with E-state index in [1.165, 1.54) is 19.3 Å². The van der Waals surface area contributed by atoms with Gasteiger partial charge in [0.1, 0.15) is 5.76 Å². The Hall–Kier alpha value is -3.26. The second-order valence-electron chi connectivity index (χ2n) is 8.05. The number of benzene rings is 1. The first-order valence-electron chi connectivity index (χ1n) is 10.9. The Kier molecular flexibility index (Phi) is 5.38. The van der Waals surface area contributed by atoms with Crippen molar-refractivity contribution in [2.24, 2.45) is 5.73 Å². The maximum Gasteiger partial charge on any atom is 0.285 e. The van der Waals surface area contributed by atoms with Gasteiger partial charge in [-0.15, -0.1) is 0 Å². The molecule has 1 amide bonds. The molecule has 8 nitrogen and oxygen atoms in total. The smallest absolute Gasteiger partial charge is 0.285 e. The Bertz CT molecular complexity index is 1050. The lowest BCUT2D eigenvalue weighted by Gasteiger charge is -2.33. The molecule has 0 saturated carbocycles. The van der Waals surface area contributed by atoms with Crippen LogP contribution < -0.4 is 15.5 Å². The number of nitrogens with one attached hydrogen (secondary N) is 1. The lowest BCUT2D eigenvalue weighted by molar-refractivity contribution is 0.0975. The standard InChI is InChI=1S/C23H27N5O3/c24-23(29)22-19(13-21(31-22)16-14-25-26-15-16)18-12-17(27-8-10-30-11-9-27)4-5-20(18)28-6-2-1-3-7-28/h4-5,12-15H,1-3,6-11H2,(H2,24,29)(H,25,26). The number of furan rings is 1. The highest BCUT2D eigenvalue weighted by Gasteiger charge is 2.25. The summed E-state index contributed by atoms with van der Waals surface area (Å²) < 4.78 is 11.4. The maximum absolute atomic E-state index is 12.3. The van der Waals surface area contributed by atoms with Crippen LogP contribution in [-0.4, -0.2) is 55.5 Å². The molecule has 5 rings (SSSR count). The number of carbonyl (C=O) groups is 1. The van der Waals surface area contributed by atoms with Crippen molar-refractivity contribution in [2.45, 2.75) is 19.3 Å². The van der Waals surface area contributed by atoms with Crippen molar-refractivity contribution < 1.29 is 13.9 Å². The molecule has 0 bridgehead atoms. The molecule has 4 heterocycles. The van der Waals surface area contributed by atoms with E-state index in [0.717, 1.165) is 54.2 Å². The van der Waals surface area contributed by atoms with Gasteiger partial charge in [0.15, 0.2) is 5.76 Å². The number of ether oxygens (including phenoxy) is 1. The number of aromatic amines is 1. The summed E-state index contributed by atoms with van der Waals surface area (Å²) in [6, 6.07) is 8.39. The van der Waals surface area contributed by atoms with E-state index in [1.54, 1.807) is 12.4 Å². The highest BCUT2D eigenvalue weighted by Crippen LogP contribution is 2.40. The van der Waals surface area contributed by atoms with E-state index in [9.17, 15) is 4.79 Å². The summed E-state index contributed by atoms with van der Waals surface area (Å²) in [5.74, 6) is 0.165. The minimum Gasteiger partial charge on any atom is -0.450 e. The minimum absolute atomic E-state index is 0.175. The molecule has 2 saturated heterocycles. The van der Waals surface area contributed by atoms with Crippen molar-refractivity contribution in [3.05, 3.63) is 42.4 Å². The highest BCUT2D eigenvalue weighted by atomic mass is 16.5. The van der Waals surface area contributed by atoms with Gasteiger partial charge in [0.05, 0.1) is 25.0 Å². The van der Waals surface area contributed by atoms with Gasteiger partial charge in [0, 0.05) is 54.9 Å². The zero-order valence-electron chi connectivity index (χ0n) is 17.5. The van der Waals surface area contributed by atoms with Gasteiger partial charge < -0.3 is 24.7 Å². The molecule has 162 valence electrons. The Labute approximate surface area is 181 Å². The van der Waals surface area contributed by atoms with Crippen LogP contribution in [0.2, 0.25) is 0 Å². The summed E-state index contributed by atoms with van der Waals surface area (Å²) in [6.45, 7) is 5.12. The summed E-state index contributed by atoms with van der Waals surface area (Å²) in [5, 5.41) is 6.78. The number of nitrogens with zero attached hydrogens (tertiary/aromatic N) is 3. The van der Waals surface area contributed by atoms with E-state index in [1.807, 2.05) is 6.07 Å². The van der Waals surface area contributed by atoms with Crippen LogP contribution in [-0.2, 0) is 4.74 Å². The lowest BCUT2D eigenvalue weighted by atomic mass is 9.99. The van der Waals surface area contributed by atoms with E-state index in [-0.39, 0.29) is 5.76 Å². The largest absolute Gasteiger partial charge is 0.450 e. The summed E-state index contributed by atoms with van der Waals surface area (Å²) in [6.07, 6.45) is 6.99. The minimum atomic E-state index is -0.578. The first kappa shape index (κ1) is 19.7. The Morgan fingerprint density at radius 1 is 1.00 bits per heavy atom. The molecule has 2 aliphatic heterocycles. The number of hydrogen-bond donors (Lipinski definition) is 2. The zero-order valence-corrected chi connectivity index (χ0v) is 17.5. The van der Waals surface area contributed by atoms with Gasteiger partial charge in [-0.1, -0.05) is 0 Å². The number of anilines is 2. The molecule has 2 fully saturated rings. The molecular weight excluding hydrogens is 394 g/mol. The van der Waals surface area contributed by atoms with E-state index in [2.05, 4.69) is 38.2 Å². The third-order valence-corrected chi connectivity index (χ3v) is 6.08. The van der Waals surface area contributed by atoms with Gasteiger partial charge in [0.25, 0.3) is 5.91 Å². The van der Waals surface area contributed by atoms with Gasteiger partial charge in [-0.25, -0.2) is 0 Å². The third kappa shape index (κ3) is 3.90. The number of piperidine rings is 1. The van der Waals surface area contributed by atoms with E-state index in [0.29, 0.717) is 19.0 Å². The molecule has 2 aromatic heterocycles. The molecule has 0 atom stereocenters. The molecule has 0 spiro atoms. The van der Waals surface area contributed by atoms with E-state index in [4.69, 9.17) is 14.9 Å². The molecule has 2 aliphatic rings. The Morgan fingerprint density at radius 3 is 2.52 bits per heavy atom. The highest BCUT2D eigenvalue weighted by molar-refractivity contribution is 6.00. The van der Waals surface area contributed by atoms with Gasteiger partial charge in [-0.3, -0.25) is 9.89 Å². The fraction of sp³-hybridized carbons (Fsp3) is 0.391. The number of morpholine rings is 1. The number of rotatable bonds is 5. The zero-order chi connectivity index (χ0) is 21.2. The summed E-state index contributed by atoms with van der Waals surface area (Å²) in [7, 11) is 0. The van der Waals surface area contributed by atoms with Gasteiger partial charge in [0.2, 0.25) is 0 Å². The fourth-order valence-electron chi connectivity index (χ4n) is 4.47. The summed E-state index contributed by atoms with van der Waals surface area (Å²) in [5.41, 5.74) is 10.4. The van der Waals surface area contributed by atoms with Crippen LogP contribution in [0.1, 0.15) is 29.8 Å². The van der Waals surface area contributed by atoms with Crippen molar-refractivity contribution in [1.82, 2.24) is 10.2 Å². The van der Waals surface area contributed by atoms with Crippen LogP contribution >= 0.6 is 0 Å². The van der Waals surface area contributed by atoms with Crippen molar-refractivity contribution in [2.75, 3.05) is 49.2 Å². The Balaban J connectivity index is 1.64. The van der Waals surface area contributed by atoms with E-state index < -0.39 is 5.91 Å². The molecule has 0 unspecified atom stereocenters. The average molecular weight is 422 g/mol. The van der Waals surface area contributed by atoms with Crippen molar-refractivity contribution in [1.29, 1.82) is 0 Å². The fourth-order valence-corrected chi connectivity index (χ4v) is 4.47. The van der Waals surface area contributed by atoms with Gasteiger partial charge in [-0.05, 0) is 43.5 Å². The number of hydrogen-bond acceptors (Lipinski definition) is 6. The van der Waals surface area contributed by atoms with Crippen LogP contribution in [0.4, 0.5) is 11.4 Å². The van der Waals surface area contributed by atoms with Crippen LogP contribution in [0, 0.1) is 0 Å². The first-order valence-corrected chi connectivity index (χ1v) is 10.9. The number of carbonyl (C=O) groups excluding carboxylic acids is 1. The van der Waals surface area contributed by atoms with Crippen LogP contribution in [0.15, 0.2) is 41.1 Å². The van der Waals surface area contributed by atoms with Gasteiger partial charge >= 0.3 is 0 Å². The molecule has 31 heavy (non-hydrogen) atoms. The number of H-pyrrole nitrogens is 1. The van der Waals surface area contributed by atoms with Crippen molar-refractivity contribution in [3.63, 3.8) is 0 Å². The number of amides is 1. The van der Waals surface area contributed by atoms with Gasteiger partial charge in [-0.2, -0.15) is 5.10 Å². The molecular formula is C23H27N5O3. The van der Waals surface area contributed by atoms with Crippen LogP contribution in [0.5, 0.6) is 0 Å². The predicted molar refractivity (Wildman–Crippen MR) is 119 cm³/mol. The summed E-state index contributed by atoms with van der Waals surface area (Å²) in [4.78, 5) is 17.0. The first-order chi connectivity index (χ1) is 15.2. The number of primary amides is 1. The summed E-state index contributed by atoms with van der Waals surface area (Å²) >= 11 is 0. The van der Waals surface area contributed by atoms with Crippen molar-refractivity contribution in [3.8, 4) is 22.5 Å². The molecule has 0 aliphatic carbocycles. The molecule has 3 aromatic rings.